The molecule has 2 aromatic carbocycles. The highest BCUT2D eigenvalue weighted by molar-refractivity contribution is 9.09. The van der Waals surface area contributed by atoms with Gasteiger partial charge in [-0.3, -0.25) is 0 Å². The maximum Gasteiger partial charge on any atom is 0.349 e. The lowest BCUT2D eigenvalue weighted by atomic mass is 10.1. The number of nitrogens with zero attached hydrogens (tertiary/aromatic N) is 2. The van der Waals surface area contributed by atoms with E-state index in [-0.39, 0.29) is 11.2 Å². The first-order valence-electron chi connectivity index (χ1n) is 7.95. The van der Waals surface area contributed by atoms with E-state index < -0.39 is 5.63 Å². The van der Waals surface area contributed by atoms with Gasteiger partial charge in [-0.2, -0.15) is 0 Å². The lowest BCUT2D eigenvalue weighted by molar-refractivity contribution is 0.345. The number of fused-ring (bicyclic) bond motifs is 3. The summed E-state index contributed by atoms with van der Waals surface area (Å²) in [7, 11) is 0. The highest BCUT2D eigenvalue weighted by atomic mass is 79.9. The van der Waals surface area contributed by atoms with Gasteiger partial charge in [0.15, 0.2) is 5.82 Å². The Hall–Kier alpha value is -2.93. The molecule has 4 rings (SSSR count). The minimum absolute atomic E-state index is 0.101. The maximum absolute atomic E-state index is 12.4. The third-order valence-corrected chi connectivity index (χ3v) is 4.25. The fraction of sp³-hybridized carbons (Fsp3) is 0.105. The summed E-state index contributed by atoms with van der Waals surface area (Å²) in [4.78, 5) is 21.3. The van der Waals surface area contributed by atoms with Crippen molar-refractivity contribution in [1.82, 2.24) is 9.97 Å². The Labute approximate surface area is 156 Å². The molecule has 130 valence electrons. The number of hydrogen-bond donors (Lipinski definition) is 1. The van der Waals surface area contributed by atoms with E-state index in [1.807, 2.05) is 42.5 Å². The minimum Gasteiger partial charge on any atom is -0.493 e. The fourth-order valence-corrected chi connectivity index (χ4v) is 2.93. The number of aromatic nitrogens is 2. The van der Waals surface area contributed by atoms with Gasteiger partial charge in [0.05, 0.1) is 12.1 Å². The molecule has 0 bridgehead atoms. The van der Waals surface area contributed by atoms with Crippen molar-refractivity contribution in [2.75, 3.05) is 17.7 Å². The van der Waals surface area contributed by atoms with Gasteiger partial charge in [0.1, 0.15) is 22.5 Å². The van der Waals surface area contributed by atoms with E-state index in [0.717, 1.165) is 5.56 Å². The van der Waals surface area contributed by atoms with Crippen molar-refractivity contribution >= 4 is 43.6 Å². The van der Waals surface area contributed by atoms with Crippen molar-refractivity contribution < 1.29 is 9.15 Å². The molecule has 0 unspecified atom stereocenters. The average molecular weight is 412 g/mol. The summed E-state index contributed by atoms with van der Waals surface area (Å²) in [6.07, 6.45) is 0. The summed E-state index contributed by atoms with van der Waals surface area (Å²) >= 11 is 3.31. The minimum atomic E-state index is -0.567. The molecule has 2 heterocycles. The lowest BCUT2D eigenvalue weighted by Gasteiger charge is -2.08. The number of benzene rings is 2. The highest BCUT2D eigenvalue weighted by Crippen LogP contribution is 2.29. The largest absolute Gasteiger partial charge is 0.493 e. The Morgan fingerprint density at radius 3 is 2.69 bits per heavy atom. The molecule has 0 fully saturated rings. The number of alkyl halides is 1. The molecule has 6 nitrogen and oxygen atoms in total. The number of hydrogen-bond acceptors (Lipinski definition) is 6. The second-order valence-corrected chi connectivity index (χ2v) is 6.40. The molecule has 0 amide bonds. The molecule has 7 heteroatoms. The second-order valence-electron chi connectivity index (χ2n) is 5.61. The Morgan fingerprint density at radius 2 is 1.92 bits per heavy atom. The first-order chi connectivity index (χ1) is 12.7. The van der Waals surface area contributed by atoms with Crippen LogP contribution in [0.5, 0.6) is 5.75 Å². The summed E-state index contributed by atoms with van der Waals surface area (Å²) in [5.41, 5.74) is 7.16. The van der Waals surface area contributed by atoms with E-state index in [9.17, 15) is 4.79 Å². The molecule has 4 aromatic rings. The van der Waals surface area contributed by atoms with Crippen molar-refractivity contribution in [3.63, 3.8) is 0 Å². The lowest BCUT2D eigenvalue weighted by Crippen LogP contribution is -2.08. The quantitative estimate of drug-likeness (QED) is 0.312. The van der Waals surface area contributed by atoms with Gasteiger partial charge in [0.25, 0.3) is 0 Å². The van der Waals surface area contributed by atoms with Gasteiger partial charge in [0.2, 0.25) is 0 Å². The standard InChI is InChI=1S/C19H14BrN3O3/c20-8-9-25-12-6-7-13-14(10-12)26-19(24)15-16(13)22-18(23-17(15)21)11-4-2-1-3-5-11/h1-7,10H,8-9H2,(H2,21,22,23). The summed E-state index contributed by atoms with van der Waals surface area (Å²) in [5, 5.41) is 1.57. The van der Waals surface area contributed by atoms with Crippen molar-refractivity contribution in [2.45, 2.75) is 0 Å². The molecular weight excluding hydrogens is 398 g/mol. The summed E-state index contributed by atoms with van der Waals surface area (Å²) < 4.78 is 11.0. The molecule has 0 spiro atoms. The predicted octanol–water partition coefficient (Wildman–Crippen LogP) is 3.76. The van der Waals surface area contributed by atoms with Crippen LogP contribution in [0, 0.1) is 0 Å². The number of ether oxygens (including phenoxy) is 1. The van der Waals surface area contributed by atoms with Gasteiger partial charge in [-0.15, -0.1) is 0 Å². The topological polar surface area (TPSA) is 91.2 Å². The highest BCUT2D eigenvalue weighted by Gasteiger charge is 2.16. The monoisotopic (exact) mass is 411 g/mol. The number of rotatable bonds is 4. The number of nitrogen functional groups attached to an aromatic ring is 1. The van der Waals surface area contributed by atoms with Gasteiger partial charge < -0.3 is 14.9 Å². The van der Waals surface area contributed by atoms with Gasteiger partial charge in [-0.05, 0) is 12.1 Å². The average Bonchev–Trinajstić information content (AvgIpc) is 2.66. The van der Waals surface area contributed by atoms with Crippen LogP contribution in [0.3, 0.4) is 0 Å². The SMILES string of the molecule is Nc1nc(-c2ccccc2)nc2c1c(=O)oc1cc(OCCBr)ccc12. The van der Waals surface area contributed by atoms with E-state index in [0.29, 0.717) is 40.0 Å². The first kappa shape index (κ1) is 16.5. The Balaban J connectivity index is 1.98. The molecule has 0 aliphatic heterocycles. The molecule has 2 N–H and O–H groups in total. The molecule has 0 saturated heterocycles. The molecular formula is C19H14BrN3O3. The normalized spacial score (nSPS) is 11.1. The second kappa shape index (κ2) is 6.76. The zero-order valence-electron chi connectivity index (χ0n) is 13.6. The molecule has 0 aliphatic carbocycles. The summed E-state index contributed by atoms with van der Waals surface area (Å²) in [6.45, 7) is 0.511. The van der Waals surface area contributed by atoms with Crippen LogP contribution >= 0.6 is 15.9 Å². The molecule has 26 heavy (non-hydrogen) atoms. The zero-order valence-corrected chi connectivity index (χ0v) is 15.2. The van der Waals surface area contributed by atoms with Gasteiger partial charge in [-0.25, -0.2) is 14.8 Å². The van der Waals surface area contributed by atoms with E-state index in [1.165, 1.54) is 0 Å². The maximum atomic E-state index is 12.4. The van der Waals surface area contributed by atoms with Crippen molar-refractivity contribution in [3.8, 4) is 17.1 Å². The van der Waals surface area contributed by atoms with Crippen LogP contribution in [0.1, 0.15) is 0 Å². The van der Waals surface area contributed by atoms with Crippen LogP contribution < -0.4 is 16.1 Å². The third-order valence-electron chi connectivity index (χ3n) is 3.93. The first-order valence-corrected chi connectivity index (χ1v) is 9.08. The van der Waals surface area contributed by atoms with Crippen LogP contribution in [0.2, 0.25) is 0 Å². The smallest absolute Gasteiger partial charge is 0.349 e. The van der Waals surface area contributed by atoms with Gasteiger partial charge in [0, 0.05) is 22.3 Å². The van der Waals surface area contributed by atoms with Crippen molar-refractivity contribution in [3.05, 3.63) is 59.0 Å². The van der Waals surface area contributed by atoms with Gasteiger partial charge in [-0.1, -0.05) is 46.3 Å². The van der Waals surface area contributed by atoms with Crippen LogP contribution in [0.4, 0.5) is 5.82 Å². The van der Waals surface area contributed by atoms with Crippen LogP contribution in [0.15, 0.2) is 57.7 Å². The number of anilines is 1. The molecule has 0 saturated carbocycles. The van der Waals surface area contributed by atoms with E-state index >= 15 is 0 Å². The van der Waals surface area contributed by atoms with Crippen LogP contribution in [0.25, 0.3) is 33.3 Å². The number of nitrogens with two attached hydrogens (primary N) is 1. The van der Waals surface area contributed by atoms with Crippen LogP contribution in [-0.4, -0.2) is 21.9 Å². The van der Waals surface area contributed by atoms with Crippen molar-refractivity contribution in [1.29, 1.82) is 0 Å². The Morgan fingerprint density at radius 1 is 1.12 bits per heavy atom. The summed E-state index contributed by atoms with van der Waals surface area (Å²) in [6, 6.07) is 14.8. The number of halogens is 1. The van der Waals surface area contributed by atoms with Gasteiger partial charge >= 0.3 is 5.63 Å². The molecule has 2 aromatic heterocycles. The van der Waals surface area contributed by atoms with Crippen LogP contribution in [-0.2, 0) is 0 Å². The Bertz CT molecular complexity index is 1160. The Kier molecular flexibility index (Phi) is 4.30. The fourth-order valence-electron chi connectivity index (χ4n) is 2.77. The van der Waals surface area contributed by atoms with E-state index in [4.69, 9.17) is 14.9 Å². The third kappa shape index (κ3) is 2.90. The molecule has 0 aliphatic rings. The van der Waals surface area contributed by atoms with E-state index in [2.05, 4.69) is 25.9 Å². The zero-order chi connectivity index (χ0) is 18.1. The van der Waals surface area contributed by atoms with E-state index in [1.54, 1.807) is 6.07 Å². The summed E-state index contributed by atoms with van der Waals surface area (Å²) in [5.74, 6) is 1.18. The van der Waals surface area contributed by atoms with Crippen molar-refractivity contribution in [2.24, 2.45) is 0 Å². The predicted molar refractivity (Wildman–Crippen MR) is 105 cm³/mol. The molecule has 0 atom stereocenters. The molecule has 0 radical (unpaired) electrons.